The van der Waals surface area contributed by atoms with Crippen LogP contribution in [-0.2, 0) is 16.1 Å². The molecule has 0 aliphatic carbocycles. The van der Waals surface area contributed by atoms with Crippen LogP contribution in [0, 0.1) is 0 Å². The van der Waals surface area contributed by atoms with Gasteiger partial charge >= 0.3 is 0 Å². The van der Waals surface area contributed by atoms with Crippen molar-refractivity contribution in [2.24, 2.45) is 0 Å². The number of benzene rings is 3. The van der Waals surface area contributed by atoms with Gasteiger partial charge in [0.2, 0.25) is 5.78 Å². The molecule has 0 saturated carbocycles. The van der Waals surface area contributed by atoms with Gasteiger partial charge in [-0.2, -0.15) is 0 Å². The van der Waals surface area contributed by atoms with Gasteiger partial charge in [-0.05, 0) is 24.1 Å². The highest BCUT2D eigenvalue weighted by atomic mass is 16.7. The molecule has 0 amide bonds. The molecule has 0 bridgehead atoms. The number of carbonyl (C=O) groups is 1. The predicted octanol–water partition coefficient (Wildman–Crippen LogP) is 4.30. The molecule has 2 atom stereocenters. The standard InChI is InChI=1S/C23H19N3O2/c1-2-22(18-13-7-4-8-14-18)23(28-22,21(27)17-11-5-3-6-12-17)26-20-16-10-9-15-19(20)24-25-26/h3-16H,2H2,1H3/t22-,23+/m0/s1. The second kappa shape index (κ2) is 6.11. The zero-order valence-corrected chi connectivity index (χ0v) is 15.4. The molecule has 0 spiro atoms. The number of para-hydroxylation sites is 1. The smallest absolute Gasteiger partial charge is 0.261 e. The first-order valence-corrected chi connectivity index (χ1v) is 9.39. The Labute approximate surface area is 162 Å². The summed E-state index contributed by atoms with van der Waals surface area (Å²) in [6.07, 6.45) is 0.629. The third-order valence-electron chi connectivity index (χ3n) is 5.56. The molecule has 1 fully saturated rings. The SMILES string of the molecule is CC[C@@]1(c2ccccc2)O[C@@]1(C(=O)c1ccccc1)n1nnc2ccccc21. The van der Waals surface area contributed by atoms with Gasteiger partial charge in [-0.15, -0.1) is 5.10 Å². The second-order valence-corrected chi connectivity index (χ2v) is 6.98. The van der Waals surface area contributed by atoms with Gasteiger partial charge in [0.25, 0.3) is 5.72 Å². The average molecular weight is 369 g/mol. The molecule has 0 unspecified atom stereocenters. The van der Waals surface area contributed by atoms with Gasteiger partial charge in [0.05, 0.1) is 5.52 Å². The van der Waals surface area contributed by atoms with Gasteiger partial charge < -0.3 is 4.74 Å². The Morgan fingerprint density at radius 2 is 1.57 bits per heavy atom. The molecule has 3 aromatic carbocycles. The summed E-state index contributed by atoms with van der Waals surface area (Å²) in [5.41, 5.74) is 1.00. The molecule has 1 aliphatic rings. The van der Waals surface area contributed by atoms with Crippen LogP contribution in [0.1, 0.15) is 29.3 Å². The largest absolute Gasteiger partial charge is 0.327 e. The molecule has 2 heterocycles. The Bertz CT molecular complexity index is 1160. The third-order valence-corrected chi connectivity index (χ3v) is 5.56. The Balaban J connectivity index is 1.77. The summed E-state index contributed by atoms with van der Waals surface area (Å²) < 4.78 is 8.07. The highest BCUT2D eigenvalue weighted by Crippen LogP contribution is 2.63. The molecule has 4 aromatic rings. The maximum atomic E-state index is 13.8. The number of fused-ring (bicyclic) bond motifs is 1. The summed E-state index contributed by atoms with van der Waals surface area (Å²) in [6, 6.07) is 26.8. The minimum atomic E-state index is -1.26. The molecular formula is C23H19N3O2. The number of epoxide rings is 1. The van der Waals surface area contributed by atoms with Gasteiger partial charge in [0, 0.05) is 5.56 Å². The molecule has 5 nitrogen and oxygen atoms in total. The van der Waals surface area contributed by atoms with Crippen molar-refractivity contribution >= 4 is 16.8 Å². The number of hydrogen-bond donors (Lipinski definition) is 0. The third kappa shape index (κ3) is 2.14. The Morgan fingerprint density at radius 3 is 2.29 bits per heavy atom. The van der Waals surface area contributed by atoms with Crippen molar-refractivity contribution in [2.75, 3.05) is 0 Å². The zero-order chi connectivity index (χ0) is 19.2. The first kappa shape index (κ1) is 16.8. The Morgan fingerprint density at radius 1 is 0.929 bits per heavy atom. The summed E-state index contributed by atoms with van der Waals surface area (Å²) in [6.45, 7) is 2.03. The van der Waals surface area contributed by atoms with Crippen LogP contribution in [0.2, 0.25) is 0 Å². The minimum Gasteiger partial charge on any atom is -0.327 e. The van der Waals surface area contributed by atoms with Gasteiger partial charge in [0.15, 0.2) is 5.60 Å². The highest BCUT2D eigenvalue weighted by molar-refractivity contribution is 6.04. The van der Waals surface area contributed by atoms with Crippen molar-refractivity contribution in [1.29, 1.82) is 0 Å². The summed E-state index contributed by atoms with van der Waals surface area (Å²) >= 11 is 0. The summed E-state index contributed by atoms with van der Waals surface area (Å²) in [5.74, 6) is -0.116. The number of rotatable bonds is 5. The van der Waals surface area contributed by atoms with E-state index in [1.165, 1.54) is 0 Å². The molecule has 28 heavy (non-hydrogen) atoms. The molecule has 1 aromatic heterocycles. The van der Waals surface area contributed by atoms with Gasteiger partial charge in [-0.1, -0.05) is 84.9 Å². The van der Waals surface area contributed by atoms with E-state index in [-0.39, 0.29) is 5.78 Å². The van der Waals surface area contributed by atoms with Crippen LogP contribution in [-0.4, -0.2) is 20.8 Å². The quantitative estimate of drug-likeness (QED) is 0.389. The van der Waals surface area contributed by atoms with E-state index in [1.54, 1.807) is 4.68 Å². The van der Waals surface area contributed by atoms with Crippen LogP contribution in [0.4, 0.5) is 0 Å². The molecule has 0 N–H and O–H groups in total. The molecular weight excluding hydrogens is 350 g/mol. The maximum absolute atomic E-state index is 13.8. The number of nitrogens with zero attached hydrogens (tertiary/aromatic N) is 3. The van der Waals surface area contributed by atoms with Crippen molar-refractivity contribution in [3.05, 3.63) is 96.1 Å². The van der Waals surface area contributed by atoms with Crippen LogP contribution in [0.15, 0.2) is 84.9 Å². The predicted molar refractivity (Wildman–Crippen MR) is 106 cm³/mol. The number of ketones is 1. The van der Waals surface area contributed by atoms with Gasteiger partial charge in [0.1, 0.15) is 5.52 Å². The van der Waals surface area contributed by atoms with Gasteiger partial charge in [-0.3, -0.25) is 4.79 Å². The summed E-state index contributed by atoms with van der Waals surface area (Å²) in [5, 5.41) is 8.64. The Hall–Kier alpha value is -3.31. The monoisotopic (exact) mass is 369 g/mol. The van der Waals surface area contributed by atoms with E-state index in [1.807, 2.05) is 91.9 Å². The zero-order valence-electron chi connectivity index (χ0n) is 15.4. The van der Waals surface area contributed by atoms with Crippen LogP contribution < -0.4 is 0 Å². The first-order valence-electron chi connectivity index (χ1n) is 9.39. The van der Waals surface area contributed by atoms with Crippen LogP contribution in [0.5, 0.6) is 0 Å². The van der Waals surface area contributed by atoms with Crippen LogP contribution >= 0.6 is 0 Å². The van der Waals surface area contributed by atoms with E-state index in [9.17, 15) is 4.79 Å². The number of Topliss-reactive ketones (excluding diaryl/α,β-unsaturated/α-hetero) is 1. The van der Waals surface area contributed by atoms with Crippen molar-refractivity contribution in [3.63, 3.8) is 0 Å². The molecule has 1 aliphatic heterocycles. The van der Waals surface area contributed by atoms with E-state index < -0.39 is 11.3 Å². The van der Waals surface area contributed by atoms with E-state index in [0.29, 0.717) is 12.0 Å². The number of ether oxygens (including phenoxy) is 1. The molecule has 1 saturated heterocycles. The fourth-order valence-electron chi connectivity index (χ4n) is 4.13. The van der Waals surface area contributed by atoms with E-state index in [0.717, 1.165) is 16.6 Å². The second-order valence-electron chi connectivity index (χ2n) is 6.98. The molecule has 138 valence electrons. The molecule has 5 rings (SSSR count). The fourth-order valence-corrected chi connectivity index (χ4v) is 4.13. The van der Waals surface area contributed by atoms with Crippen molar-refractivity contribution < 1.29 is 9.53 Å². The topological polar surface area (TPSA) is 60.3 Å². The summed E-state index contributed by atoms with van der Waals surface area (Å²) in [7, 11) is 0. The van der Waals surface area contributed by atoms with Crippen molar-refractivity contribution in [2.45, 2.75) is 24.7 Å². The van der Waals surface area contributed by atoms with Crippen molar-refractivity contribution in [1.82, 2.24) is 15.0 Å². The lowest BCUT2D eigenvalue weighted by molar-refractivity contribution is 0.0770. The van der Waals surface area contributed by atoms with Crippen LogP contribution in [0.3, 0.4) is 0 Å². The lowest BCUT2D eigenvalue weighted by Gasteiger charge is -2.19. The lowest BCUT2D eigenvalue weighted by atomic mass is 9.84. The van der Waals surface area contributed by atoms with E-state index >= 15 is 0 Å². The maximum Gasteiger partial charge on any atom is 0.261 e. The minimum absolute atomic E-state index is 0.116. The molecule has 5 heteroatoms. The first-order chi connectivity index (χ1) is 13.7. The average Bonchev–Trinajstić information content (AvgIpc) is 3.28. The Kier molecular flexibility index (Phi) is 3.67. The normalized spacial score (nSPS) is 23.6. The lowest BCUT2D eigenvalue weighted by Crippen LogP contribution is -2.37. The van der Waals surface area contributed by atoms with Gasteiger partial charge in [-0.25, -0.2) is 4.68 Å². The summed E-state index contributed by atoms with van der Waals surface area (Å²) in [4.78, 5) is 13.8. The van der Waals surface area contributed by atoms with Crippen LogP contribution in [0.25, 0.3) is 11.0 Å². The van der Waals surface area contributed by atoms with Crippen molar-refractivity contribution in [3.8, 4) is 0 Å². The number of carbonyl (C=O) groups excluding carboxylic acids is 1. The van der Waals surface area contributed by atoms with E-state index in [2.05, 4.69) is 10.3 Å². The highest BCUT2D eigenvalue weighted by Gasteiger charge is 2.77. The number of hydrogen-bond acceptors (Lipinski definition) is 4. The number of aromatic nitrogens is 3. The van der Waals surface area contributed by atoms with E-state index in [4.69, 9.17) is 4.74 Å². The fraction of sp³-hybridized carbons (Fsp3) is 0.174. The molecule has 0 radical (unpaired) electrons.